The number of likely N-dealkylation sites (N-methyl/N-ethyl adjacent to an activating group) is 1. The van der Waals surface area contributed by atoms with Crippen LogP contribution in [0.5, 0.6) is 5.75 Å². The smallest absolute Gasteiger partial charge is 0.226 e. The number of ether oxygens (including phenoxy) is 1. The fourth-order valence-electron chi connectivity index (χ4n) is 7.09. The van der Waals surface area contributed by atoms with E-state index in [0.717, 1.165) is 68.6 Å². The molecule has 9 nitrogen and oxygen atoms in total. The molecule has 2 amide bonds. The van der Waals surface area contributed by atoms with Crippen LogP contribution in [0.3, 0.4) is 0 Å². The summed E-state index contributed by atoms with van der Waals surface area (Å²) in [6, 6.07) is 3.51. The molecule has 4 aliphatic rings. The van der Waals surface area contributed by atoms with Gasteiger partial charge in [0.05, 0.1) is 18.8 Å². The third-order valence-corrected chi connectivity index (χ3v) is 10.1. The van der Waals surface area contributed by atoms with Gasteiger partial charge in [-0.1, -0.05) is 36.6 Å². The Bertz CT molecular complexity index is 1290. The highest BCUT2D eigenvalue weighted by Crippen LogP contribution is 2.54. The Morgan fingerprint density at radius 2 is 2.02 bits per heavy atom. The van der Waals surface area contributed by atoms with Crippen LogP contribution in [0.4, 0.5) is 0 Å². The number of aromatic nitrogens is 3. The van der Waals surface area contributed by atoms with Gasteiger partial charge in [-0.05, 0) is 75.2 Å². The largest absolute Gasteiger partial charge is 0.487 e. The lowest BCUT2D eigenvalue weighted by Crippen LogP contribution is -2.49. The summed E-state index contributed by atoms with van der Waals surface area (Å²) in [5.74, 6) is 1.52. The van der Waals surface area contributed by atoms with Gasteiger partial charge in [-0.15, -0.1) is 5.10 Å². The molecule has 2 aliphatic carbocycles. The summed E-state index contributed by atoms with van der Waals surface area (Å²) in [6.45, 7) is 5.98. The third kappa shape index (κ3) is 5.98. The lowest BCUT2D eigenvalue weighted by Gasteiger charge is -2.43. The van der Waals surface area contributed by atoms with Gasteiger partial charge >= 0.3 is 0 Å². The fourth-order valence-corrected chi connectivity index (χ4v) is 7.35. The number of hydrogen-bond donors (Lipinski definition) is 0. The minimum Gasteiger partial charge on any atom is -0.487 e. The highest BCUT2D eigenvalue weighted by atomic mass is 35.5. The Kier molecular flexibility index (Phi) is 8.02. The average molecular weight is 583 g/mol. The Balaban J connectivity index is 1.29. The zero-order chi connectivity index (χ0) is 28.7. The summed E-state index contributed by atoms with van der Waals surface area (Å²) in [4.78, 5) is 33.5. The predicted octanol–water partition coefficient (Wildman–Crippen LogP) is 4.34. The molecule has 0 unspecified atom stereocenters. The highest BCUT2D eigenvalue weighted by molar-refractivity contribution is 6.31. The van der Waals surface area contributed by atoms with E-state index in [1.54, 1.807) is 0 Å². The Morgan fingerprint density at radius 3 is 2.76 bits per heavy atom. The fraction of sp³-hybridized carbons (Fsp3) is 0.677. The lowest BCUT2D eigenvalue weighted by atomic mass is 9.78. The van der Waals surface area contributed by atoms with Gasteiger partial charge in [0.1, 0.15) is 18.1 Å². The molecule has 41 heavy (non-hydrogen) atoms. The van der Waals surface area contributed by atoms with Crippen LogP contribution in [0.15, 0.2) is 18.3 Å². The topological polar surface area (TPSA) is 83.8 Å². The molecule has 10 heteroatoms. The van der Waals surface area contributed by atoms with Gasteiger partial charge in [0.15, 0.2) is 0 Å². The summed E-state index contributed by atoms with van der Waals surface area (Å²) >= 11 is 6.79. The molecule has 2 aliphatic heterocycles. The number of benzene rings is 1. The van der Waals surface area contributed by atoms with Crippen molar-refractivity contribution >= 4 is 23.4 Å². The molecule has 3 atom stereocenters. The van der Waals surface area contributed by atoms with Crippen molar-refractivity contribution in [2.24, 2.45) is 17.3 Å². The van der Waals surface area contributed by atoms with Crippen LogP contribution in [0, 0.1) is 17.3 Å². The van der Waals surface area contributed by atoms with Crippen molar-refractivity contribution in [3.05, 3.63) is 40.2 Å². The van der Waals surface area contributed by atoms with Gasteiger partial charge in [0.25, 0.3) is 0 Å². The zero-order valence-electron chi connectivity index (χ0n) is 24.6. The standard InChI is InChI=1S/C31H43ClN6O3/c1-21-6-4-5-7-23(21)30(40)38-13-10-24-25(32)8-9-27(41-19-22-17-37(34-33-22)15-14-35(2)3)29(24)26(38)18-36-20-31(11-12-31)16-28(36)39/h8-9,17,21,23,26H,4-7,10-16,18-20H2,1-3H3/t21-,23+,26+/m0/s1. The van der Waals surface area contributed by atoms with E-state index in [9.17, 15) is 9.59 Å². The first kappa shape index (κ1) is 28.5. The monoisotopic (exact) mass is 582 g/mol. The molecule has 0 radical (unpaired) electrons. The van der Waals surface area contributed by atoms with Crippen molar-refractivity contribution in [3.8, 4) is 5.75 Å². The average Bonchev–Trinajstić information content (AvgIpc) is 3.41. The minimum atomic E-state index is -0.289. The second-order valence-electron chi connectivity index (χ2n) is 13.1. The van der Waals surface area contributed by atoms with E-state index in [2.05, 4.69) is 27.0 Å². The second kappa shape index (κ2) is 11.6. The van der Waals surface area contributed by atoms with Crippen molar-refractivity contribution in [3.63, 3.8) is 0 Å². The Labute approximate surface area is 248 Å². The number of fused-ring (bicyclic) bond motifs is 1. The van der Waals surface area contributed by atoms with Gasteiger partial charge in [0.2, 0.25) is 11.8 Å². The van der Waals surface area contributed by atoms with E-state index in [0.29, 0.717) is 42.6 Å². The molecule has 6 rings (SSSR count). The van der Waals surface area contributed by atoms with Crippen molar-refractivity contribution in [1.29, 1.82) is 0 Å². The number of nitrogens with zero attached hydrogens (tertiary/aromatic N) is 6. The molecule has 3 heterocycles. The summed E-state index contributed by atoms with van der Waals surface area (Å²) < 4.78 is 8.26. The quantitative estimate of drug-likeness (QED) is 0.437. The summed E-state index contributed by atoms with van der Waals surface area (Å²) in [6.07, 6.45) is 9.77. The number of carbonyl (C=O) groups excluding carboxylic acids is 2. The van der Waals surface area contributed by atoms with Crippen molar-refractivity contribution < 1.29 is 14.3 Å². The van der Waals surface area contributed by atoms with E-state index in [1.165, 1.54) is 6.42 Å². The van der Waals surface area contributed by atoms with Crippen LogP contribution in [0.25, 0.3) is 0 Å². The van der Waals surface area contributed by atoms with Crippen molar-refractivity contribution in [2.45, 2.75) is 77.5 Å². The maximum absolute atomic E-state index is 14.2. The van der Waals surface area contributed by atoms with Crippen LogP contribution < -0.4 is 4.74 Å². The molecule has 1 spiro atoms. The van der Waals surface area contributed by atoms with Crippen LogP contribution in [0.2, 0.25) is 5.02 Å². The summed E-state index contributed by atoms with van der Waals surface area (Å²) in [5.41, 5.74) is 2.88. The third-order valence-electron chi connectivity index (χ3n) is 9.78. The zero-order valence-corrected chi connectivity index (χ0v) is 25.4. The molecule has 2 aromatic rings. The van der Waals surface area contributed by atoms with Gasteiger partial charge in [-0.25, -0.2) is 0 Å². The number of carbonyl (C=O) groups is 2. The van der Waals surface area contributed by atoms with Gasteiger partial charge in [-0.3, -0.25) is 14.3 Å². The van der Waals surface area contributed by atoms with E-state index >= 15 is 0 Å². The molecule has 2 saturated carbocycles. The predicted molar refractivity (Wildman–Crippen MR) is 157 cm³/mol. The highest BCUT2D eigenvalue weighted by Gasteiger charge is 2.52. The van der Waals surface area contributed by atoms with Crippen molar-refractivity contribution in [2.75, 3.05) is 40.3 Å². The van der Waals surface area contributed by atoms with Gasteiger partial charge < -0.3 is 19.4 Å². The summed E-state index contributed by atoms with van der Waals surface area (Å²) in [5, 5.41) is 9.25. The van der Waals surface area contributed by atoms with Gasteiger partial charge in [0, 0.05) is 49.1 Å². The van der Waals surface area contributed by atoms with Crippen molar-refractivity contribution in [1.82, 2.24) is 29.7 Å². The van der Waals surface area contributed by atoms with Gasteiger partial charge in [-0.2, -0.15) is 0 Å². The van der Waals surface area contributed by atoms with Crippen LogP contribution in [-0.2, 0) is 29.2 Å². The van der Waals surface area contributed by atoms with E-state index in [4.69, 9.17) is 16.3 Å². The molecule has 1 aromatic heterocycles. The maximum atomic E-state index is 14.2. The van der Waals surface area contributed by atoms with E-state index in [-0.39, 0.29) is 35.8 Å². The number of amides is 2. The molecular weight excluding hydrogens is 540 g/mol. The lowest BCUT2D eigenvalue weighted by molar-refractivity contribution is -0.143. The second-order valence-corrected chi connectivity index (χ2v) is 13.5. The number of hydrogen-bond acceptors (Lipinski definition) is 6. The Morgan fingerprint density at radius 1 is 1.22 bits per heavy atom. The van der Waals surface area contributed by atoms with Crippen LogP contribution in [-0.4, -0.2) is 81.8 Å². The molecular formula is C31H43ClN6O3. The molecule has 0 N–H and O–H groups in total. The molecule has 3 fully saturated rings. The molecule has 0 bridgehead atoms. The first-order valence-electron chi connectivity index (χ1n) is 15.3. The molecule has 1 aromatic carbocycles. The molecule has 1 saturated heterocycles. The number of likely N-dealkylation sites (tertiary alicyclic amines) is 1. The first-order valence-corrected chi connectivity index (χ1v) is 15.7. The minimum absolute atomic E-state index is 0.0256. The SMILES string of the molecule is C[C@H]1CCCC[C@H]1C(=O)N1CCc2c(Cl)ccc(OCc3cn(CCN(C)C)nn3)c2[C@H]1CN1CC2(CC2)CC1=O. The van der Waals surface area contributed by atoms with E-state index < -0.39 is 0 Å². The number of rotatable bonds is 9. The first-order chi connectivity index (χ1) is 19.7. The van der Waals surface area contributed by atoms with Crippen LogP contribution >= 0.6 is 11.6 Å². The van der Waals surface area contributed by atoms with E-state index in [1.807, 2.05) is 42.0 Å². The summed E-state index contributed by atoms with van der Waals surface area (Å²) in [7, 11) is 4.06. The number of halogens is 1. The molecule has 222 valence electrons. The Hall–Kier alpha value is -2.65. The normalized spacial score (nSPS) is 25.2. The maximum Gasteiger partial charge on any atom is 0.226 e. The van der Waals surface area contributed by atoms with Crippen LogP contribution in [0.1, 0.15) is 74.7 Å².